The number of hydrogen-bond donors (Lipinski definition) is 0. The molecule has 1 saturated heterocycles. The van der Waals surface area contributed by atoms with E-state index >= 15 is 0 Å². The van der Waals surface area contributed by atoms with Gasteiger partial charge in [0.15, 0.2) is 5.78 Å². The molecule has 1 heterocycles. The van der Waals surface area contributed by atoms with E-state index < -0.39 is 5.92 Å². The van der Waals surface area contributed by atoms with E-state index in [-0.39, 0.29) is 34.5 Å². The number of ketones is 1. The molecule has 0 aromatic heterocycles. The zero-order valence-electron chi connectivity index (χ0n) is 14.4. The lowest BCUT2D eigenvalue weighted by atomic mass is 9.61. The molecule has 3 nitrogen and oxygen atoms in total. The number of piperidine rings is 1. The lowest BCUT2D eigenvalue weighted by molar-refractivity contribution is -0.161. The highest BCUT2D eigenvalue weighted by atomic mass is 16.2. The van der Waals surface area contributed by atoms with Gasteiger partial charge in [0.05, 0.1) is 5.92 Å². The summed E-state index contributed by atoms with van der Waals surface area (Å²) in [5.74, 6) is -0.366. The lowest BCUT2D eigenvalue weighted by Gasteiger charge is -2.51. The maximum Gasteiger partial charge on any atom is 0.233 e. The van der Waals surface area contributed by atoms with Crippen LogP contribution in [0.2, 0.25) is 0 Å². The standard InChI is InChI=1S/C17H31NO2/c1-9-10-11-13(19)12(16(2,3)4)14(17(5,6)7)18(8)15(11)20/h11-12,14H,9-10H2,1-8H3. The van der Waals surface area contributed by atoms with Crippen molar-refractivity contribution >= 4 is 11.7 Å². The van der Waals surface area contributed by atoms with Gasteiger partial charge >= 0.3 is 0 Å². The number of rotatable bonds is 2. The molecule has 1 aliphatic rings. The number of Topliss-reactive ketones (excluding diaryl/α,β-unsaturated/α-hetero) is 1. The largest absolute Gasteiger partial charge is 0.341 e. The summed E-state index contributed by atoms with van der Waals surface area (Å²) in [6, 6.07) is -0.0318. The number of hydrogen-bond acceptors (Lipinski definition) is 2. The quantitative estimate of drug-likeness (QED) is 0.726. The summed E-state index contributed by atoms with van der Waals surface area (Å²) in [6.07, 6.45) is 1.54. The van der Waals surface area contributed by atoms with E-state index in [0.29, 0.717) is 6.42 Å². The van der Waals surface area contributed by atoms with Crippen LogP contribution in [0.4, 0.5) is 0 Å². The molecule has 0 aromatic carbocycles. The van der Waals surface area contributed by atoms with E-state index in [1.807, 2.05) is 18.9 Å². The summed E-state index contributed by atoms with van der Waals surface area (Å²) in [7, 11) is 1.87. The molecule has 0 bridgehead atoms. The fourth-order valence-corrected chi connectivity index (χ4v) is 3.64. The van der Waals surface area contributed by atoms with Crippen molar-refractivity contribution in [2.24, 2.45) is 22.7 Å². The summed E-state index contributed by atoms with van der Waals surface area (Å²) >= 11 is 0. The van der Waals surface area contributed by atoms with Crippen LogP contribution in [0, 0.1) is 22.7 Å². The third kappa shape index (κ3) is 3.07. The Hall–Kier alpha value is -0.860. The average Bonchev–Trinajstić information content (AvgIpc) is 2.25. The topological polar surface area (TPSA) is 37.4 Å². The highest BCUT2D eigenvalue weighted by Gasteiger charge is 2.53. The monoisotopic (exact) mass is 281 g/mol. The Balaban J connectivity index is 3.31. The van der Waals surface area contributed by atoms with Crippen molar-refractivity contribution in [1.29, 1.82) is 0 Å². The Kier molecular flexibility index (Phi) is 4.72. The van der Waals surface area contributed by atoms with Crippen molar-refractivity contribution in [2.75, 3.05) is 7.05 Å². The molecule has 0 N–H and O–H groups in total. The third-order valence-electron chi connectivity index (χ3n) is 4.43. The first-order valence-electron chi connectivity index (χ1n) is 7.73. The van der Waals surface area contributed by atoms with Gasteiger partial charge in [0, 0.05) is 19.0 Å². The predicted octanol–water partition coefficient (Wildman–Crippen LogP) is 3.52. The second kappa shape index (κ2) is 5.50. The molecule has 1 fully saturated rings. The van der Waals surface area contributed by atoms with Gasteiger partial charge < -0.3 is 4.90 Å². The summed E-state index contributed by atoms with van der Waals surface area (Å²) in [4.78, 5) is 27.3. The summed E-state index contributed by atoms with van der Waals surface area (Å²) in [6.45, 7) is 14.7. The Morgan fingerprint density at radius 1 is 1.00 bits per heavy atom. The highest BCUT2D eigenvalue weighted by molar-refractivity contribution is 6.05. The minimum Gasteiger partial charge on any atom is -0.341 e. The molecule has 0 aromatic rings. The van der Waals surface area contributed by atoms with Crippen molar-refractivity contribution in [2.45, 2.75) is 67.3 Å². The second-order valence-corrected chi connectivity index (χ2v) is 8.35. The second-order valence-electron chi connectivity index (χ2n) is 8.35. The maximum absolute atomic E-state index is 12.9. The van der Waals surface area contributed by atoms with E-state index in [4.69, 9.17) is 0 Å². The molecule has 3 heteroatoms. The Labute approximate surface area is 124 Å². The summed E-state index contributed by atoms with van der Waals surface area (Å²) < 4.78 is 0. The van der Waals surface area contributed by atoms with E-state index in [1.54, 1.807) is 0 Å². The maximum atomic E-state index is 12.9. The van der Waals surface area contributed by atoms with Gasteiger partial charge in [-0.15, -0.1) is 0 Å². The van der Waals surface area contributed by atoms with Crippen LogP contribution in [0.15, 0.2) is 0 Å². The Bertz CT molecular complexity index is 387. The third-order valence-corrected chi connectivity index (χ3v) is 4.43. The van der Waals surface area contributed by atoms with Gasteiger partial charge in [-0.3, -0.25) is 9.59 Å². The SMILES string of the molecule is CCCC1C(=O)C(C(C)(C)C)C(C(C)(C)C)N(C)C1=O. The predicted molar refractivity (Wildman–Crippen MR) is 82.4 cm³/mol. The van der Waals surface area contributed by atoms with Crippen molar-refractivity contribution in [3.05, 3.63) is 0 Å². The lowest BCUT2D eigenvalue weighted by Crippen LogP contribution is -2.62. The zero-order chi connectivity index (χ0) is 15.9. The molecule has 1 amide bonds. The van der Waals surface area contributed by atoms with E-state index in [0.717, 1.165) is 6.42 Å². The van der Waals surface area contributed by atoms with E-state index in [2.05, 4.69) is 41.5 Å². The van der Waals surface area contributed by atoms with Gasteiger partial charge in [0.1, 0.15) is 0 Å². The summed E-state index contributed by atoms with van der Waals surface area (Å²) in [5.41, 5.74) is -0.231. The van der Waals surface area contributed by atoms with Gasteiger partial charge in [0.25, 0.3) is 0 Å². The minimum absolute atomic E-state index is 0.0114. The zero-order valence-corrected chi connectivity index (χ0v) is 14.4. The molecule has 0 saturated carbocycles. The molecular weight excluding hydrogens is 250 g/mol. The average molecular weight is 281 g/mol. The van der Waals surface area contributed by atoms with Crippen LogP contribution in [-0.4, -0.2) is 29.7 Å². The van der Waals surface area contributed by atoms with E-state index in [1.165, 1.54) is 0 Å². The normalized spacial score (nSPS) is 29.0. The smallest absolute Gasteiger partial charge is 0.233 e. The van der Waals surface area contributed by atoms with Gasteiger partial charge in [0.2, 0.25) is 5.91 Å². The first-order valence-corrected chi connectivity index (χ1v) is 7.73. The van der Waals surface area contributed by atoms with Crippen molar-refractivity contribution in [3.63, 3.8) is 0 Å². The number of amides is 1. The van der Waals surface area contributed by atoms with Gasteiger partial charge in [-0.2, -0.15) is 0 Å². The van der Waals surface area contributed by atoms with Crippen molar-refractivity contribution < 1.29 is 9.59 Å². The molecule has 20 heavy (non-hydrogen) atoms. The fraction of sp³-hybridized carbons (Fsp3) is 0.882. The Morgan fingerprint density at radius 2 is 1.50 bits per heavy atom. The molecular formula is C17H31NO2. The number of carbonyl (C=O) groups is 2. The van der Waals surface area contributed by atoms with Crippen LogP contribution in [0.25, 0.3) is 0 Å². The molecule has 0 aliphatic carbocycles. The van der Waals surface area contributed by atoms with Crippen molar-refractivity contribution in [3.8, 4) is 0 Å². The number of nitrogens with zero attached hydrogens (tertiary/aromatic N) is 1. The minimum atomic E-state index is -0.437. The first-order chi connectivity index (χ1) is 8.92. The van der Waals surface area contributed by atoms with E-state index in [9.17, 15) is 9.59 Å². The summed E-state index contributed by atoms with van der Waals surface area (Å²) in [5, 5.41) is 0. The molecule has 3 unspecified atom stereocenters. The fourth-order valence-electron chi connectivity index (χ4n) is 3.64. The van der Waals surface area contributed by atoms with Crippen LogP contribution in [0.3, 0.4) is 0 Å². The molecule has 3 atom stereocenters. The van der Waals surface area contributed by atoms with Crippen LogP contribution < -0.4 is 0 Å². The number of likely N-dealkylation sites (tertiary alicyclic amines) is 1. The van der Waals surface area contributed by atoms with Crippen LogP contribution >= 0.6 is 0 Å². The first kappa shape index (κ1) is 17.2. The molecule has 116 valence electrons. The van der Waals surface area contributed by atoms with Crippen LogP contribution in [0.5, 0.6) is 0 Å². The van der Waals surface area contributed by atoms with Gasteiger partial charge in [-0.05, 0) is 17.3 Å². The van der Waals surface area contributed by atoms with Gasteiger partial charge in [-0.1, -0.05) is 54.9 Å². The Morgan fingerprint density at radius 3 is 1.85 bits per heavy atom. The highest BCUT2D eigenvalue weighted by Crippen LogP contribution is 2.44. The molecule has 1 aliphatic heterocycles. The van der Waals surface area contributed by atoms with Crippen LogP contribution in [-0.2, 0) is 9.59 Å². The van der Waals surface area contributed by atoms with Crippen molar-refractivity contribution in [1.82, 2.24) is 4.90 Å². The van der Waals surface area contributed by atoms with Gasteiger partial charge in [-0.25, -0.2) is 0 Å². The molecule has 0 spiro atoms. The van der Waals surface area contributed by atoms with Crippen LogP contribution in [0.1, 0.15) is 61.3 Å². The molecule has 1 rings (SSSR count). The number of carbonyl (C=O) groups excluding carboxylic acids is 2. The molecule has 0 radical (unpaired) electrons.